The van der Waals surface area contributed by atoms with E-state index in [0.717, 1.165) is 36.2 Å². The quantitative estimate of drug-likeness (QED) is 0.742. The second-order valence-corrected chi connectivity index (χ2v) is 5.40. The summed E-state index contributed by atoms with van der Waals surface area (Å²) in [6.07, 6.45) is 3.22. The van der Waals surface area contributed by atoms with Crippen molar-refractivity contribution in [3.8, 4) is 0 Å². The molecule has 0 unspecified atom stereocenters. The van der Waals surface area contributed by atoms with Crippen LogP contribution in [0.3, 0.4) is 0 Å². The van der Waals surface area contributed by atoms with E-state index in [9.17, 15) is 0 Å². The predicted octanol–water partition coefficient (Wildman–Crippen LogP) is 3.51. The van der Waals surface area contributed by atoms with Gasteiger partial charge in [-0.1, -0.05) is 30.3 Å². The van der Waals surface area contributed by atoms with E-state index in [2.05, 4.69) is 46.7 Å². The van der Waals surface area contributed by atoms with Crippen LogP contribution in [-0.2, 0) is 12.8 Å². The lowest BCUT2D eigenvalue weighted by Crippen LogP contribution is -2.11. The molecule has 2 aromatic carbocycles. The third kappa shape index (κ3) is 2.05. The van der Waals surface area contributed by atoms with Gasteiger partial charge in [0.1, 0.15) is 5.82 Å². The molecule has 100 valence electrons. The van der Waals surface area contributed by atoms with Crippen molar-refractivity contribution in [3.63, 3.8) is 0 Å². The molecule has 4 rings (SSSR count). The Morgan fingerprint density at radius 2 is 2.00 bits per heavy atom. The minimum atomic E-state index is 0.855. The molecule has 0 amide bonds. The van der Waals surface area contributed by atoms with Crippen LogP contribution in [0.2, 0.25) is 0 Å². The summed E-state index contributed by atoms with van der Waals surface area (Å²) in [4.78, 5) is 8.18. The number of imidazole rings is 1. The molecule has 0 bridgehead atoms. The van der Waals surface area contributed by atoms with Crippen molar-refractivity contribution < 1.29 is 0 Å². The Balaban J connectivity index is 1.71. The largest absolute Gasteiger partial charge is 0.385 e. The van der Waals surface area contributed by atoms with Crippen LogP contribution in [0.15, 0.2) is 42.5 Å². The van der Waals surface area contributed by atoms with Gasteiger partial charge in [-0.2, -0.15) is 0 Å². The maximum Gasteiger partial charge on any atom is 0.111 e. The normalized spacial score (nSPS) is 14.0. The Morgan fingerprint density at radius 3 is 2.90 bits per heavy atom. The number of H-pyrrole nitrogens is 1. The third-order valence-electron chi connectivity index (χ3n) is 3.91. The van der Waals surface area contributed by atoms with Gasteiger partial charge < -0.3 is 10.3 Å². The number of nitrogens with zero attached hydrogens (tertiary/aromatic N) is 1. The van der Waals surface area contributed by atoms with Gasteiger partial charge in [0.2, 0.25) is 0 Å². The first-order valence-electron chi connectivity index (χ1n) is 7.18. The molecule has 1 aliphatic heterocycles. The molecule has 0 saturated carbocycles. The van der Waals surface area contributed by atoms with E-state index < -0.39 is 0 Å². The van der Waals surface area contributed by atoms with E-state index in [4.69, 9.17) is 4.98 Å². The summed E-state index contributed by atoms with van der Waals surface area (Å²) in [6.45, 7) is 1.07. The van der Waals surface area contributed by atoms with Gasteiger partial charge in [0.05, 0.1) is 11.0 Å². The SMILES string of the molecule is c1ccc(Cc2nc3cc4c(cc3[nH]2)CCCN4)cc1. The second kappa shape index (κ2) is 4.67. The summed E-state index contributed by atoms with van der Waals surface area (Å²) < 4.78 is 0. The minimum Gasteiger partial charge on any atom is -0.385 e. The highest BCUT2D eigenvalue weighted by molar-refractivity contribution is 5.82. The average molecular weight is 263 g/mol. The minimum absolute atomic E-state index is 0.855. The maximum atomic E-state index is 4.72. The lowest BCUT2D eigenvalue weighted by Gasteiger charge is -2.17. The summed E-state index contributed by atoms with van der Waals surface area (Å²) in [5, 5.41) is 3.46. The Bertz CT molecular complexity index is 701. The van der Waals surface area contributed by atoms with Crippen LogP contribution < -0.4 is 5.32 Å². The van der Waals surface area contributed by atoms with Gasteiger partial charge in [0.15, 0.2) is 0 Å². The fourth-order valence-corrected chi connectivity index (χ4v) is 2.90. The number of fused-ring (bicyclic) bond motifs is 2. The standard InChI is InChI=1S/C17H17N3/c1-2-5-12(6-3-1)9-17-19-15-10-13-7-4-8-18-14(13)11-16(15)20-17/h1-3,5-6,10-11,18H,4,7-9H2,(H,19,20). The van der Waals surface area contributed by atoms with Crippen molar-refractivity contribution in [2.75, 3.05) is 11.9 Å². The summed E-state index contributed by atoms with van der Waals surface area (Å²) in [5.74, 6) is 1.04. The van der Waals surface area contributed by atoms with Gasteiger partial charge in [0, 0.05) is 18.7 Å². The molecule has 0 aliphatic carbocycles. The molecule has 0 radical (unpaired) electrons. The van der Waals surface area contributed by atoms with Crippen molar-refractivity contribution in [3.05, 3.63) is 59.4 Å². The molecule has 0 fully saturated rings. The second-order valence-electron chi connectivity index (χ2n) is 5.40. The molecule has 0 saturated heterocycles. The average Bonchev–Trinajstić information content (AvgIpc) is 2.86. The van der Waals surface area contributed by atoms with Crippen LogP contribution in [0.4, 0.5) is 5.69 Å². The number of rotatable bonds is 2. The summed E-state index contributed by atoms with van der Waals surface area (Å²) >= 11 is 0. The summed E-state index contributed by atoms with van der Waals surface area (Å²) in [7, 11) is 0. The molecule has 3 heteroatoms. The highest BCUT2D eigenvalue weighted by Crippen LogP contribution is 2.27. The molecule has 0 atom stereocenters. The van der Waals surface area contributed by atoms with E-state index in [-0.39, 0.29) is 0 Å². The van der Waals surface area contributed by atoms with Crippen LogP contribution >= 0.6 is 0 Å². The molecule has 2 N–H and O–H groups in total. The van der Waals surface area contributed by atoms with Gasteiger partial charge in [0.25, 0.3) is 0 Å². The Hall–Kier alpha value is -2.29. The lowest BCUT2D eigenvalue weighted by atomic mass is 10.0. The molecular weight excluding hydrogens is 246 g/mol. The first-order valence-corrected chi connectivity index (χ1v) is 7.18. The molecule has 2 heterocycles. The fraction of sp³-hybridized carbons (Fsp3) is 0.235. The van der Waals surface area contributed by atoms with Crippen LogP contribution in [-0.4, -0.2) is 16.5 Å². The number of nitrogens with one attached hydrogen (secondary N) is 2. The zero-order chi connectivity index (χ0) is 13.4. The number of aromatic nitrogens is 2. The number of hydrogen-bond acceptors (Lipinski definition) is 2. The Morgan fingerprint density at radius 1 is 1.10 bits per heavy atom. The van der Waals surface area contributed by atoms with E-state index in [1.807, 2.05) is 6.07 Å². The molecule has 1 aliphatic rings. The van der Waals surface area contributed by atoms with Crippen LogP contribution in [0.5, 0.6) is 0 Å². The van der Waals surface area contributed by atoms with E-state index in [1.165, 1.54) is 23.2 Å². The molecule has 1 aromatic heterocycles. The van der Waals surface area contributed by atoms with E-state index >= 15 is 0 Å². The monoisotopic (exact) mass is 263 g/mol. The molecule has 20 heavy (non-hydrogen) atoms. The zero-order valence-electron chi connectivity index (χ0n) is 11.3. The Labute approximate surface area is 118 Å². The molecular formula is C17H17N3. The first-order chi connectivity index (χ1) is 9.88. The van der Waals surface area contributed by atoms with Gasteiger partial charge in [-0.15, -0.1) is 0 Å². The van der Waals surface area contributed by atoms with Gasteiger partial charge >= 0.3 is 0 Å². The highest BCUT2D eigenvalue weighted by Gasteiger charge is 2.12. The number of anilines is 1. The van der Waals surface area contributed by atoms with E-state index in [1.54, 1.807) is 0 Å². The Kier molecular flexibility index (Phi) is 2.69. The topological polar surface area (TPSA) is 40.7 Å². The van der Waals surface area contributed by atoms with Crippen molar-refractivity contribution >= 4 is 16.7 Å². The first kappa shape index (κ1) is 11.5. The third-order valence-corrected chi connectivity index (χ3v) is 3.91. The van der Waals surface area contributed by atoms with Crippen LogP contribution in [0.25, 0.3) is 11.0 Å². The fourth-order valence-electron chi connectivity index (χ4n) is 2.90. The zero-order valence-corrected chi connectivity index (χ0v) is 11.3. The summed E-state index contributed by atoms with van der Waals surface area (Å²) in [5.41, 5.74) is 6.15. The van der Waals surface area contributed by atoms with Crippen molar-refractivity contribution in [1.29, 1.82) is 0 Å². The lowest BCUT2D eigenvalue weighted by molar-refractivity contribution is 0.831. The number of hydrogen-bond donors (Lipinski definition) is 2. The number of aromatic amines is 1. The van der Waals surface area contributed by atoms with Gasteiger partial charge in [-0.05, 0) is 36.1 Å². The maximum absolute atomic E-state index is 4.72. The van der Waals surface area contributed by atoms with Crippen LogP contribution in [0, 0.1) is 0 Å². The number of benzene rings is 2. The number of aryl methyl sites for hydroxylation is 1. The van der Waals surface area contributed by atoms with Crippen molar-refractivity contribution in [2.24, 2.45) is 0 Å². The highest BCUT2D eigenvalue weighted by atomic mass is 14.9. The molecule has 0 spiro atoms. The van der Waals surface area contributed by atoms with E-state index in [0.29, 0.717) is 0 Å². The summed E-state index contributed by atoms with van der Waals surface area (Å²) in [6, 6.07) is 14.9. The van der Waals surface area contributed by atoms with Crippen molar-refractivity contribution in [1.82, 2.24) is 9.97 Å². The molecule has 3 nitrogen and oxygen atoms in total. The van der Waals surface area contributed by atoms with Gasteiger partial charge in [-0.3, -0.25) is 0 Å². The van der Waals surface area contributed by atoms with Gasteiger partial charge in [-0.25, -0.2) is 4.98 Å². The predicted molar refractivity (Wildman–Crippen MR) is 82.2 cm³/mol. The van der Waals surface area contributed by atoms with Crippen LogP contribution in [0.1, 0.15) is 23.4 Å². The molecule has 3 aromatic rings. The van der Waals surface area contributed by atoms with Crippen molar-refractivity contribution in [2.45, 2.75) is 19.3 Å². The smallest absolute Gasteiger partial charge is 0.111 e.